The Kier molecular flexibility index (Phi) is 3.94. The Morgan fingerprint density at radius 1 is 0.706 bits per heavy atom. The van der Waals surface area contributed by atoms with Crippen LogP contribution in [0.25, 0.3) is 0 Å². The van der Waals surface area contributed by atoms with Crippen LogP contribution in [0.5, 0.6) is 0 Å². The Morgan fingerprint density at radius 2 is 1.12 bits per heavy atom. The second-order valence-corrected chi connectivity index (χ2v) is 4.46. The Morgan fingerprint density at radius 3 is 1.59 bits per heavy atom. The van der Waals surface area contributed by atoms with Gasteiger partial charge in [-0.05, 0) is 36.5 Å². The minimum Gasteiger partial charge on any atom is -0.392 e. The SMILES string of the molecule is Cc1ccc(CCc2ccc(CO)cc2)cc1. The molecule has 88 valence electrons. The molecular formula is C16H18O. The van der Waals surface area contributed by atoms with E-state index in [1.54, 1.807) is 0 Å². The fourth-order valence-corrected chi connectivity index (χ4v) is 1.85. The maximum atomic E-state index is 8.96. The van der Waals surface area contributed by atoms with E-state index >= 15 is 0 Å². The van der Waals surface area contributed by atoms with Crippen molar-refractivity contribution in [2.45, 2.75) is 26.4 Å². The molecule has 0 unspecified atom stereocenters. The summed E-state index contributed by atoms with van der Waals surface area (Å²) in [6.45, 7) is 2.23. The summed E-state index contributed by atoms with van der Waals surface area (Å²) in [5.41, 5.74) is 4.98. The molecule has 0 aliphatic carbocycles. The molecule has 0 aliphatic heterocycles. The number of aliphatic hydroxyl groups is 1. The first-order chi connectivity index (χ1) is 8.28. The molecule has 0 atom stereocenters. The molecular weight excluding hydrogens is 208 g/mol. The van der Waals surface area contributed by atoms with Gasteiger partial charge in [0.05, 0.1) is 6.61 Å². The molecule has 2 rings (SSSR count). The highest BCUT2D eigenvalue weighted by Crippen LogP contribution is 2.10. The van der Waals surface area contributed by atoms with Crippen molar-refractivity contribution in [2.75, 3.05) is 0 Å². The van der Waals surface area contributed by atoms with Gasteiger partial charge in [0.25, 0.3) is 0 Å². The standard InChI is InChI=1S/C16H18O/c1-13-2-4-14(5-3-13)6-7-15-8-10-16(12-17)11-9-15/h2-5,8-11,17H,6-7,12H2,1H3. The van der Waals surface area contributed by atoms with Crippen molar-refractivity contribution in [3.8, 4) is 0 Å². The highest BCUT2D eigenvalue weighted by atomic mass is 16.3. The maximum Gasteiger partial charge on any atom is 0.0681 e. The Balaban J connectivity index is 1.95. The summed E-state index contributed by atoms with van der Waals surface area (Å²) in [5, 5.41) is 8.96. The molecule has 1 N–H and O–H groups in total. The van der Waals surface area contributed by atoms with Gasteiger partial charge in [0.2, 0.25) is 0 Å². The van der Waals surface area contributed by atoms with Crippen molar-refractivity contribution in [1.82, 2.24) is 0 Å². The van der Waals surface area contributed by atoms with Gasteiger partial charge in [0.1, 0.15) is 0 Å². The summed E-state index contributed by atoms with van der Waals surface area (Å²) < 4.78 is 0. The largest absolute Gasteiger partial charge is 0.392 e. The third-order valence-electron chi connectivity index (χ3n) is 3.03. The molecule has 0 aliphatic rings. The molecule has 2 aromatic rings. The van der Waals surface area contributed by atoms with E-state index in [1.807, 2.05) is 12.1 Å². The molecule has 0 saturated carbocycles. The number of hydrogen-bond acceptors (Lipinski definition) is 1. The van der Waals surface area contributed by atoms with E-state index in [0.717, 1.165) is 18.4 Å². The average molecular weight is 226 g/mol. The quantitative estimate of drug-likeness (QED) is 0.848. The van der Waals surface area contributed by atoms with Crippen molar-refractivity contribution in [3.05, 3.63) is 70.8 Å². The molecule has 0 radical (unpaired) electrons. The number of aryl methyl sites for hydroxylation is 3. The lowest BCUT2D eigenvalue weighted by atomic mass is 10.0. The van der Waals surface area contributed by atoms with Crippen molar-refractivity contribution < 1.29 is 5.11 Å². The van der Waals surface area contributed by atoms with Gasteiger partial charge in [-0.15, -0.1) is 0 Å². The number of hydrogen-bond donors (Lipinski definition) is 1. The lowest BCUT2D eigenvalue weighted by molar-refractivity contribution is 0.282. The van der Waals surface area contributed by atoms with E-state index in [1.165, 1.54) is 16.7 Å². The molecule has 1 heteroatoms. The lowest BCUT2D eigenvalue weighted by Gasteiger charge is -2.04. The molecule has 0 bridgehead atoms. The van der Waals surface area contributed by atoms with Crippen LogP contribution in [0.2, 0.25) is 0 Å². The van der Waals surface area contributed by atoms with Gasteiger partial charge in [0, 0.05) is 0 Å². The average Bonchev–Trinajstić information content (AvgIpc) is 2.39. The van der Waals surface area contributed by atoms with Crippen molar-refractivity contribution in [3.63, 3.8) is 0 Å². The van der Waals surface area contributed by atoms with Crippen LogP contribution in [-0.2, 0) is 19.4 Å². The maximum absolute atomic E-state index is 8.96. The van der Waals surface area contributed by atoms with E-state index in [4.69, 9.17) is 5.11 Å². The normalized spacial score (nSPS) is 10.5. The van der Waals surface area contributed by atoms with Crippen LogP contribution in [0.3, 0.4) is 0 Å². The first-order valence-electron chi connectivity index (χ1n) is 6.02. The van der Waals surface area contributed by atoms with Gasteiger partial charge in [-0.3, -0.25) is 0 Å². The minimum absolute atomic E-state index is 0.123. The first kappa shape index (κ1) is 11.9. The van der Waals surface area contributed by atoms with Crippen LogP contribution in [0, 0.1) is 6.92 Å². The minimum atomic E-state index is 0.123. The molecule has 0 fully saturated rings. The second kappa shape index (κ2) is 5.65. The zero-order valence-electron chi connectivity index (χ0n) is 10.2. The molecule has 0 heterocycles. The van der Waals surface area contributed by atoms with E-state index in [2.05, 4.69) is 43.3 Å². The van der Waals surface area contributed by atoms with Crippen LogP contribution in [0.1, 0.15) is 22.3 Å². The van der Waals surface area contributed by atoms with Crippen LogP contribution in [0.4, 0.5) is 0 Å². The topological polar surface area (TPSA) is 20.2 Å². The first-order valence-corrected chi connectivity index (χ1v) is 6.02. The molecule has 0 aromatic heterocycles. The van der Waals surface area contributed by atoms with Gasteiger partial charge < -0.3 is 5.11 Å². The fraction of sp³-hybridized carbons (Fsp3) is 0.250. The van der Waals surface area contributed by atoms with E-state index < -0.39 is 0 Å². The third kappa shape index (κ3) is 3.43. The predicted octanol–water partition coefficient (Wildman–Crippen LogP) is 3.27. The highest BCUT2D eigenvalue weighted by molar-refractivity contribution is 5.25. The number of rotatable bonds is 4. The van der Waals surface area contributed by atoms with Gasteiger partial charge in [-0.2, -0.15) is 0 Å². The van der Waals surface area contributed by atoms with Crippen molar-refractivity contribution >= 4 is 0 Å². The Labute approximate surface area is 103 Å². The lowest BCUT2D eigenvalue weighted by Crippen LogP contribution is -1.92. The monoisotopic (exact) mass is 226 g/mol. The zero-order valence-corrected chi connectivity index (χ0v) is 10.2. The molecule has 2 aromatic carbocycles. The van der Waals surface area contributed by atoms with Gasteiger partial charge >= 0.3 is 0 Å². The molecule has 0 spiro atoms. The summed E-state index contributed by atoms with van der Waals surface area (Å²) in [6, 6.07) is 16.9. The zero-order chi connectivity index (χ0) is 12.1. The fourth-order valence-electron chi connectivity index (χ4n) is 1.85. The van der Waals surface area contributed by atoms with E-state index in [-0.39, 0.29) is 6.61 Å². The Bertz CT molecular complexity index is 454. The van der Waals surface area contributed by atoms with Gasteiger partial charge in [-0.1, -0.05) is 54.1 Å². The summed E-state index contributed by atoms with van der Waals surface area (Å²) in [5.74, 6) is 0. The van der Waals surface area contributed by atoms with Crippen LogP contribution < -0.4 is 0 Å². The predicted molar refractivity (Wildman–Crippen MR) is 71.0 cm³/mol. The number of benzene rings is 2. The third-order valence-corrected chi connectivity index (χ3v) is 3.03. The smallest absolute Gasteiger partial charge is 0.0681 e. The van der Waals surface area contributed by atoms with Crippen molar-refractivity contribution in [2.24, 2.45) is 0 Å². The molecule has 0 amide bonds. The molecule has 0 saturated heterocycles. The molecule has 17 heavy (non-hydrogen) atoms. The van der Waals surface area contributed by atoms with E-state index in [9.17, 15) is 0 Å². The highest BCUT2D eigenvalue weighted by Gasteiger charge is 1.96. The van der Waals surface area contributed by atoms with Crippen LogP contribution in [0.15, 0.2) is 48.5 Å². The Hall–Kier alpha value is -1.60. The van der Waals surface area contributed by atoms with Crippen LogP contribution >= 0.6 is 0 Å². The second-order valence-electron chi connectivity index (χ2n) is 4.46. The van der Waals surface area contributed by atoms with Crippen molar-refractivity contribution in [1.29, 1.82) is 0 Å². The summed E-state index contributed by atoms with van der Waals surface area (Å²) in [4.78, 5) is 0. The van der Waals surface area contributed by atoms with Gasteiger partial charge in [0.15, 0.2) is 0 Å². The summed E-state index contributed by atoms with van der Waals surface area (Å²) in [6.07, 6.45) is 2.12. The van der Waals surface area contributed by atoms with Crippen LogP contribution in [-0.4, -0.2) is 5.11 Å². The summed E-state index contributed by atoms with van der Waals surface area (Å²) >= 11 is 0. The summed E-state index contributed by atoms with van der Waals surface area (Å²) in [7, 11) is 0. The van der Waals surface area contributed by atoms with Gasteiger partial charge in [-0.25, -0.2) is 0 Å². The number of aliphatic hydroxyl groups excluding tert-OH is 1. The molecule has 1 nitrogen and oxygen atoms in total. The van der Waals surface area contributed by atoms with E-state index in [0.29, 0.717) is 0 Å².